The molecule has 0 bridgehead atoms. The van der Waals surface area contributed by atoms with Gasteiger partial charge in [-0.05, 0) is 54.8 Å². The molecule has 7 heteroatoms. The molecule has 1 heterocycles. The number of nitrogens with zero attached hydrogens (tertiary/aromatic N) is 2. The van der Waals surface area contributed by atoms with Gasteiger partial charge in [0.25, 0.3) is 0 Å². The molecule has 2 fully saturated rings. The molecule has 1 saturated carbocycles. The van der Waals surface area contributed by atoms with Crippen LogP contribution in [0, 0.1) is 0 Å². The summed E-state index contributed by atoms with van der Waals surface area (Å²) in [6.45, 7) is 4.84. The van der Waals surface area contributed by atoms with Crippen LogP contribution in [0.1, 0.15) is 18.4 Å². The molecule has 1 aliphatic carbocycles. The average molecular weight is 417 g/mol. The number of hydrogen-bond acceptors (Lipinski definition) is 6. The van der Waals surface area contributed by atoms with Gasteiger partial charge in [0.05, 0.1) is 19.5 Å². The van der Waals surface area contributed by atoms with Crippen LogP contribution in [0.5, 0.6) is 17.2 Å². The van der Waals surface area contributed by atoms with Gasteiger partial charge in [-0.25, -0.2) is 4.21 Å². The normalized spacial score (nSPS) is 18.3. The zero-order valence-corrected chi connectivity index (χ0v) is 17.8. The number of ether oxygens (including phenoxy) is 2. The van der Waals surface area contributed by atoms with Crippen molar-refractivity contribution in [3.05, 3.63) is 48.0 Å². The molecule has 0 spiro atoms. The fourth-order valence-electron chi connectivity index (χ4n) is 3.54. The van der Waals surface area contributed by atoms with Crippen molar-refractivity contribution in [2.24, 2.45) is 0 Å². The monoisotopic (exact) mass is 416 g/mol. The summed E-state index contributed by atoms with van der Waals surface area (Å²) in [6.07, 6.45) is 2.02. The first-order valence-corrected chi connectivity index (χ1v) is 11.2. The number of rotatable bonds is 8. The standard InChI is InChI=1S/C22H28N2O4S/c1-26-21-10-3-17(15-22(21)27-2)16-23-11-13-24(14-12-23)18-4-6-19(7-5-18)28-29(25)20-8-9-20/h3-7,10,15,20H,8-9,11-14,16H2,1-2H3. The molecule has 4 rings (SSSR count). The van der Waals surface area contributed by atoms with Gasteiger partial charge in [0, 0.05) is 38.4 Å². The molecule has 156 valence electrons. The average Bonchev–Trinajstić information content (AvgIpc) is 3.60. The van der Waals surface area contributed by atoms with Crippen LogP contribution in [-0.4, -0.2) is 54.8 Å². The first-order valence-electron chi connectivity index (χ1n) is 10.0. The predicted molar refractivity (Wildman–Crippen MR) is 115 cm³/mol. The largest absolute Gasteiger partial charge is 0.493 e. The van der Waals surface area contributed by atoms with Crippen molar-refractivity contribution in [3.63, 3.8) is 0 Å². The van der Waals surface area contributed by atoms with Gasteiger partial charge in [0.15, 0.2) is 11.5 Å². The van der Waals surface area contributed by atoms with Gasteiger partial charge in [-0.1, -0.05) is 6.07 Å². The number of hydrogen-bond donors (Lipinski definition) is 0. The van der Waals surface area contributed by atoms with Gasteiger partial charge in [0.2, 0.25) is 11.1 Å². The van der Waals surface area contributed by atoms with E-state index in [2.05, 4.69) is 34.1 Å². The molecule has 1 aliphatic heterocycles. The zero-order chi connectivity index (χ0) is 20.2. The molecule has 2 aliphatic rings. The second kappa shape index (κ2) is 9.05. The highest BCUT2D eigenvalue weighted by Gasteiger charge is 2.30. The summed E-state index contributed by atoms with van der Waals surface area (Å²) >= 11 is -1.19. The highest BCUT2D eigenvalue weighted by Crippen LogP contribution is 2.30. The maximum Gasteiger partial charge on any atom is 0.209 e. The Morgan fingerprint density at radius 3 is 2.24 bits per heavy atom. The molecule has 2 aromatic rings. The van der Waals surface area contributed by atoms with Gasteiger partial charge in [-0.3, -0.25) is 4.90 Å². The third kappa shape index (κ3) is 5.03. The highest BCUT2D eigenvalue weighted by molar-refractivity contribution is 7.81. The van der Waals surface area contributed by atoms with Crippen LogP contribution in [0.3, 0.4) is 0 Å². The Kier molecular flexibility index (Phi) is 6.25. The van der Waals surface area contributed by atoms with Crippen LogP contribution >= 0.6 is 0 Å². The number of anilines is 1. The van der Waals surface area contributed by atoms with Crippen LogP contribution < -0.4 is 18.6 Å². The van der Waals surface area contributed by atoms with E-state index in [0.29, 0.717) is 5.75 Å². The molecule has 1 saturated heterocycles. The lowest BCUT2D eigenvalue weighted by Gasteiger charge is -2.36. The molecule has 29 heavy (non-hydrogen) atoms. The molecule has 0 N–H and O–H groups in total. The second-order valence-corrected chi connectivity index (χ2v) is 8.84. The summed E-state index contributed by atoms with van der Waals surface area (Å²) < 4.78 is 28.1. The number of methoxy groups -OCH3 is 2. The maximum atomic E-state index is 11.9. The van der Waals surface area contributed by atoms with Crippen LogP contribution in [-0.2, 0) is 17.6 Å². The first-order chi connectivity index (χ1) is 14.2. The van der Waals surface area contributed by atoms with Crippen LogP contribution in [0.15, 0.2) is 42.5 Å². The molecule has 0 amide bonds. The van der Waals surface area contributed by atoms with E-state index in [9.17, 15) is 4.21 Å². The van der Waals surface area contributed by atoms with Gasteiger partial charge in [-0.15, -0.1) is 0 Å². The maximum absolute atomic E-state index is 11.9. The summed E-state index contributed by atoms with van der Waals surface area (Å²) in [7, 11) is 3.32. The lowest BCUT2D eigenvalue weighted by atomic mass is 10.1. The van der Waals surface area contributed by atoms with E-state index in [0.717, 1.165) is 57.1 Å². The number of piperazine rings is 1. The van der Waals surface area contributed by atoms with E-state index in [1.54, 1.807) is 14.2 Å². The van der Waals surface area contributed by atoms with Crippen molar-refractivity contribution < 1.29 is 17.9 Å². The molecule has 6 nitrogen and oxygen atoms in total. The SMILES string of the molecule is COc1ccc(CN2CCN(c3ccc(OS(=O)C4CC4)cc3)CC2)cc1OC. The topological polar surface area (TPSA) is 51.2 Å². The van der Waals surface area contributed by atoms with E-state index in [-0.39, 0.29) is 5.25 Å². The zero-order valence-electron chi connectivity index (χ0n) is 17.0. The summed E-state index contributed by atoms with van der Waals surface area (Å²) in [4.78, 5) is 4.83. The van der Waals surface area contributed by atoms with Gasteiger partial charge in [0.1, 0.15) is 5.75 Å². The molecule has 0 radical (unpaired) electrons. The number of benzene rings is 2. The lowest BCUT2D eigenvalue weighted by Crippen LogP contribution is -2.45. The van der Waals surface area contributed by atoms with Crippen molar-refractivity contribution in [2.75, 3.05) is 45.3 Å². The Morgan fingerprint density at radius 2 is 1.62 bits per heavy atom. The van der Waals surface area contributed by atoms with Crippen LogP contribution in [0.25, 0.3) is 0 Å². The molecule has 1 atom stereocenters. The Morgan fingerprint density at radius 1 is 0.931 bits per heavy atom. The minimum atomic E-state index is -1.19. The van der Waals surface area contributed by atoms with Crippen molar-refractivity contribution in [1.29, 1.82) is 0 Å². The van der Waals surface area contributed by atoms with Gasteiger partial charge in [-0.2, -0.15) is 0 Å². The Bertz CT molecular complexity index is 846. The predicted octanol–water partition coefficient (Wildman–Crippen LogP) is 3.23. The fourth-order valence-corrected chi connectivity index (χ4v) is 4.50. The highest BCUT2D eigenvalue weighted by atomic mass is 32.2. The van der Waals surface area contributed by atoms with E-state index >= 15 is 0 Å². The smallest absolute Gasteiger partial charge is 0.209 e. The van der Waals surface area contributed by atoms with Crippen LogP contribution in [0.4, 0.5) is 5.69 Å². The third-order valence-corrected chi connectivity index (χ3v) is 6.78. The van der Waals surface area contributed by atoms with E-state index in [1.807, 2.05) is 18.2 Å². The summed E-state index contributed by atoms with van der Waals surface area (Å²) in [6, 6.07) is 14.1. The first kappa shape index (κ1) is 20.0. The third-order valence-electron chi connectivity index (χ3n) is 5.40. The quantitative estimate of drug-likeness (QED) is 0.659. The van der Waals surface area contributed by atoms with Crippen molar-refractivity contribution in [1.82, 2.24) is 4.90 Å². The lowest BCUT2D eigenvalue weighted by molar-refractivity contribution is 0.249. The molecule has 2 aromatic carbocycles. The van der Waals surface area contributed by atoms with Gasteiger partial charge >= 0.3 is 0 Å². The Balaban J connectivity index is 1.29. The second-order valence-electron chi connectivity index (χ2n) is 7.49. The van der Waals surface area contributed by atoms with Gasteiger partial charge < -0.3 is 18.6 Å². The van der Waals surface area contributed by atoms with E-state index < -0.39 is 11.1 Å². The Hall–Kier alpha value is -2.25. The Labute approximate surface area is 175 Å². The van der Waals surface area contributed by atoms with Crippen molar-refractivity contribution >= 4 is 16.8 Å². The molecular formula is C22H28N2O4S. The van der Waals surface area contributed by atoms with E-state index in [4.69, 9.17) is 13.7 Å². The van der Waals surface area contributed by atoms with Crippen molar-refractivity contribution in [2.45, 2.75) is 24.6 Å². The minimum absolute atomic E-state index is 0.230. The van der Waals surface area contributed by atoms with E-state index in [1.165, 1.54) is 11.3 Å². The summed E-state index contributed by atoms with van der Waals surface area (Å²) in [5.74, 6) is 2.22. The molecule has 1 unspecified atom stereocenters. The molecule has 0 aromatic heterocycles. The summed E-state index contributed by atoms with van der Waals surface area (Å²) in [5.41, 5.74) is 2.40. The van der Waals surface area contributed by atoms with Crippen LogP contribution in [0.2, 0.25) is 0 Å². The molecular weight excluding hydrogens is 388 g/mol. The summed E-state index contributed by atoms with van der Waals surface area (Å²) in [5, 5.41) is 0.230. The minimum Gasteiger partial charge on any atom is -0.493 e. The fraction of sp³-hybridized carbons (Fsp3) is 0.455. The van der Waals surface area contributed by atoms with Crippen molar-refractivity contribution in [3.8, 4) is 17.2 Å².